The molecule has 3 aliphatic rings. The molecule has 2 aromatic heterocycles. The molecular weight excluding hydrogens is 1540 g/mol. The van der Waals surface area contributed by atoms with Gasteiger partial charge in [-0.3, -0.25) is 0 Å². The van der Waals surface area contributed by atoms with Gasteiger partial charge >= 0.3 is 0 Å². The number of hydrogen-bond acceptors (Lipinski definition) is 2. The smallest absolute Gasteiger partial charge is 0.252 e. The first kappa shape index (κ1) is 69.2. The summed E-state index contributed by atoms with van der Waals surface area (Å²) in [5.41, 5.74) is 27.8. The second kappa shape index (κ2) is 29.6. The van der Waals surface area contributed by atoms with Crippen molar-refractivity contribution in [2.75, 3.05) is 9.80 Å². The second-order valence-corrected chi connectivity index (χ2v) is 40.5. The Morgan fingerprint density at radius 2 is 0.656 bits per heavy atom. The summed E-state index contributed by atoms with van der Waals surface area (Å²) in [5.74, 6) is 0. The maximum absolute atomic E-state index is 10.3. The first-order valence-electron chi connectivity index (χ1n) is 50.0. The SMILES string of the molecule is [2H]c1c([2H])c([2H])c(C2(c3c([2H])c([2H])c([2H])c([2H])c3[2H])c3ccccc3-c3cccc(-c4ccc5c(c4)B4c6ccc(-n7c8cc(C(C)(C)C)ccc8c8ccc(C(C)(C)C)cc87)cc6N(c6ccc(C(C)(C)C)cc6-c6ccccc6)c6cc(-n7c8cc(C(C)(C)C)ccc8c8ccc(C(C)(C)C)cc87)cc(c64)N5c4c(-c5ccccc5)cc(-c5ccccc5)cc4-c4ccccc4)c32)c([2H])c1[2H]. The van der Waals surface area contributed by atoms with E-state index in [1.165, 1.54) is 27.8 Å². The topological polar surface area (TPSA) is 16.3 Å². The molecule has 0 bridgehead atoms. The van der Waals surface area contributed by atoms with E-state index in [4.69, 9.17) is 0 Å². The molecule has 0 N–H and O–H groups in total. The number of aromatic nitrogens is 2. The summed E-state index contributed by atoms with van der Waals surface area (Å²) < 4.78 is 104. The summed E-state index contributed by atoms with van der Waals surface area (Å²) in [4.78, 5) is 5.17. The Bertz CT molecular complexity index is 8020. The molecule has 22 rings (SSSR count). The Hall–Kier alpha value is -14.0. The van der Waals surface area contributed by atoms with Crippen molar-refractivity contribution in [3.05, 3.63) is 426 Å². The fourth-order valence-corrected chi connectivity index (χ4v) is 20.9. The van der Waals surface area contributed by atoms with E-state index < -0.39 is 72.6 Å². The highest BCUT2D eigenvalue weighted by molar-refractivity contribution is 7.00. The van der Waals surface area contributed by atoms with E-state index >= 15 is 0 Å². The van der Waals surface area contributed by atoms with Gasteiger partial charge < -0.3 is 18.9 Å². The molecule has 4 heterocycles. The highest BCUT2D eigenvalue weighted by Crippen LogP contribution is 2.61. The largest absolute Gasteiger partial charge is 0.311 e. The number of fused-ring (bicyclic) bond motifs is 13. The highest BCUT2D eigenvalue weighted by Gasteiger charge is 2.50. The lowest BCUT2D eigenvalue weighted by Gasteiger charge is -2.46. The third-order valence-electron chi connectivity index (χ3n) is 27.5. The molecule has 0 atom stereocenters. The molecule has 0 radical (unpaired) electrons. The van der Waals surface area contributed by atoms with E-state index in [1.54, 1.807) is 0 Å². The van der Waals surface area contributed by atoms with Crippen molar-refractivity contribution in [1.29, 1.82) is 0 Å². The number of anilines is 6. The van der Waals surface area contributed by atoms with Gasteiger partial charge in [0, 0.05) is 66.7 Å². The quantitative estimate of drug-likeness (QED) is 0.120. The minimum atomic E-state index is -2.19. The molecule has 128 heavy (non-hydrogen) atoms. The molecule has 5 heteroatoms. The first-order valence-corrected chi connectivity index (χ1v) is 45.0. The van der Waals surface area contributed by atoms with Gasteiger partial charge in [-0.15, -0.1) is 0 Å². The van der Waals surface area contributed by atoms with Crippen molar-refractivity contribution in [1.82, 2.24) is 9.13 Å². The fraction of sp³-hybridized carbons (Fsp3) is 0.171. The molecule has 19 aromatic rings. The Morgan fingerprint density at radius 1 is 0.258 bits per heavy atom. The Labute approximate surface area is 769 Å². The Morgan fingerprint density at radius 3 is 1.14 bits per heavy atom. The van der Waals surface area contributed by atoms with Gasteiger partial charge in [0.1, 0.15) is 0 Å². The second-order valence-electron chi connectivity index (χ2n) is 40.5. The predicted molar refractivity (Wildman–Crippen MR) is 547 cm³/mol. The molecule has 2 aliphatic heterocycles. The van der Waals surface area contributed by atoms with Crippen LogP contribution in [-0.4, -0.2) is 15.8 Å². The van der Waals surface area contributed by atoms with E-state index in [2.05, 4.69) is 396 Å². The van der Waals surface area contributed by atoms with Gasteiger partial charge in [-0.1, -0.05) is 401 Å². The summed E-state index contributed by atoms with van der Waals surface area (Å²) in [6, 6.07) is 109. The van der Waals surface area contributed by atoms with Crippen LogP contribution in [0, 0.1) is 0 Å². The van der Waals surface area contributed by atoms with Crippen LogP contribution in [0.1, 0.15) is 168 Å². The summed E-state index contributed by atoms with van der Waals surface area (Å²) in [5, 5.41) is 4.52. The molecule has 0 unspecified atom stereocenters. The molecular formula is C123H107BN4. The normalized spacial score (nSPS) is 14.7. The maximum atomic E-state index is 10.3. The fourth-order valence-electron chi connectivity index (χ4n) is 20.9. The van der Waals surface area contributed by atoms with Crippen LogP contribution in [0.3, 0.4) is 0 Å². The van der Waals surface area contributed by atoms with Gasteiger partial charge in [0.25, 0.3) is 6.71 Å². The van der Waals surface area contributed by atoms with Crippen LogP contribution < -0.4 is 26.2 Å². The van der Waals surface area contributed by atoms with Gasteiger partial charge in [-0.05, 0) is 222 Å². The van der Waals surface area contributed by atoms with Gasteiger partial charge in [0.15, 0.2) is 0 Å². The van der Waals surface area contributed by atoms with Crippen LogP contribution in [0.4, 0.5) is 34.1 Å². The van der Waals surface area contributed by atoms with Crippen LogP contribution in [-0.2, 0) is 32.5 Å². The van der Waals surface area contributed by atoms with Gasteiger partial charge in [0.05, 0.1) is 58.3 Å². The summed E-state index contributed by atoms with van der Waals surface area (Å²) in [6.45, 7) is 33.7. The summed E-state index contributed by atoms with van der Waals surface area (Å²) >= 11 is 0. The molecule has 17 aromatic carbocycles. The minimum Gasteiger partial charge on any atom is -0.311 e. The molecule has 0 amide bonds. The van der Waals surface area contributed by atoms with Gasteiger partial charge in [0.2, 0.25) is 0 Å². The van der Waals surface area contributed by atoms with Crippen LogP contribution >= 0.6 is 0 Å². The van der Waals surface area contributed by atoms with Crippen molar-refractivity contribution in [3.8, 4) is 78.1 Å². The summed E-state index contributed by atoms with van der Waals surface area (Å²) in [7, 11) is 0. The zero-order chi connectivity index (χ0) is 96.5. The van der Waals surface area contributed by atoms with E-state index in [-0.39, 0.29) is 38.2 Å². The lowest BCUT2D eigenvalue weighted by Crippen LogP contribution is -2.61. The average molecular weight is 1660 g/mol. The highest BCUT2D eigenvalue weighted by atomic mass is 15.2. The molecule has 0 spiro atoms. The molecule has 0 saturated heterocycles. The number of hydrogen-bond donors (Lipinski definition) is 0. The summed E-state index contributed by atoms with van der Waals surface area (Å²) in [6.07, 6.45) is 0. The molecule has 0 fully saturated rings. The van der Waals surface area contributed by atoms with Crippen LogP contribution in [0.25, 0.3) is 122 Å². The lowest BCUT2D eigenvalue weighted by atomic mass is 9.33. The number of nitrogens with zero attached hydrogens (tertiary/aromatic N) is 4. The van der Waals surface area contributed by atoms with Crippen molar-refractivity contribution in [2.24, 2.45) is 0 Å². The zero-order valence-electron chi connectivity index (χ0n) is 85.4. The van der Waals surface area contributed by atoms with E-state index in [9.17, 15) is 13.7 Å². The van der Waals surface area contributed by atoms with Crippen molar-refractivity contribution in [3.63, 3.8) is 0 Å². The van der Waals surface area contributed by atoms with Crippen molar-refractivity contribution >= 4 is 101 Å². The van der Waals surface area contributed by atoms with Crippen molar-refractivity contribution < 1.29 is 13.7 Å². The minimum absolute atomic E-state index is 0.218. The van der Waals surface area contributed by atoms with Crippen LogP contribution in [0.15, 0.2) is 376 Å². The Kier molecular flexibility index (Phi) is 16.0. The first-order chi connectivity index (χ1) is 65.8. The standard InChI is InChI=1S/C123H107BN4/c1-118(2,3)86-58-66-106(100(70-86)79-39-24-17-25-40-79)127-112-75-91(125-108-71-87(119(4,5)6)54-60-95(108)96-61-55-88(72-109(96)125)120(7,8)9)59-64-104(112)124-105-69-82(93-50-36-51-99-94-49-34-35-52-103(94)123(115(93)99,84-45-30-20-31-46-84)85-47-32-21-33-48-85)53-65-107(105)128(117-101(80-41-26-18-27-42-80)67-83(78-37-22-16-23-38-78)68-102(117)81-43-28-19-29-44-81)114-77-92(76-113(127)116(114)124)126-110-73-89(121(10,11)12)56-62-97(110)98-63-57-90(74-111(98)126)122(13,14)15/h16-77H,1-15H3/i20D,21D,30D,31D,32D,33D,45D,46D,47D,48D. The molecule has 1 aliphatic carbocycles. The third kappa shape index (κ3) is 12.8. The zero-order valence-corrected chi connectivity index (χ0v) is 75.4. The van der Waals surface area contributed by atoms with Gasteiger partial charge in [-0.25, -0.2) is 0 Å². The van der Waals surface area contributed by atoms with Crippen LogP contribution in [0.2, 0.25) is 0 Å². The number of rotatable bonds is 11. The third-order valence-corrected chi connectivity index (χ3v) is 27.5. The van der Waals surface area contributed by atoms with Gasteiger partial charge in [-0.2, -0.15) is 0 Å². The molecule has 4 nitrogen and oxygen atoms in total. The van der Waals surface area contributed by atoms with Crippen molar-refractivity contribution in [2.45, 2.75) is 136 Å². The maximum Gasteiger partial charge on any atom is 0.252 e. The van der Waals surface area contributed by atoms with E-state index in [0.717, 1.165) is 150 Å². The molecule has 622 valence electrons. The lowest BCUT2D eigenvalue weighted by molar-refractivity contribution is 0.590. The van der Waals surface area contributed by atoms with Crippen LogP contribution in [0.5, 0.6) is 0 Å². The van der Waals surface area contributed by atoms with E-state index in [1.807, 2.05) is 42.5 Å². The van der Waals surface area contributed by atoms with E-state index in [0.29, 0.717) is 33.4 Å². The Balaban J connectivity index is 0.964. The molecule has 0 saturated carbocycles. The predicted octanol–water partition coefficient (Wildman–Crippen LogP) is 31.1. The average Bonchev–Trinajstić information content (AvgIpc) is 1.38. The number of benzene rings is 17. The monoisotopic (exact) mass is 1660 g/mol.